The Morgan fingerprint density at radius 3 is 2.67 bits per heavy atom. The van der Waals surface area contributed by atoms with Crippen LogP contribution in [-0.2, 0) is 4.79 Å². The van der Waals surface area contributed by atoms with E-state index in [1.165, 1.54) is 0 Å². The predicted molar refractivity (Wildman–Crippen MR) is 84.4 cm³/mol. The highest BCUT2D eigenvalue weighted by atomic mass is 16.2. The van der Waals surface area contributed by atoms with E-state index in [0.29, 0.717) is 12.6 Å². The largest absolute Gasteiger partial charge is 0.322 e. The second-order valence-electron chi connectivity index (χ2n) is 5.81. The van der Waals surface area contributed by atoms with Gasteiger partial charge in [0.15, 0.2) is 0 Å². The lowest BCUT2D eigenvalue weighted by molar-refractivity contribution is -0.118. The molecule has 1 aliphatic rings. The zero-order chi connectivity index (χ0) is 15.2. The van der Waals surface area contributed by atoms with Gasteiger partial charge in [0.05, 0.1) is 23.6 Å². The first-order valence-corrected chi connectivity index (χ1v) is 7.88. The van der Waals surface area contributed by atoms with Crippen molar-refractivity contribution in [1.82, 2.24) is 20.4 Å². The minimum absolute atomic E-state index is 0.0505. The number of aromatic nitrogens is 2. The molecule has 21 heavy (non-hydrogen) atoms. The van der Waals surface area contributed by atoms with Crippen LogP contribution in [0.4, 0.5) is 5.69 Å². The van der Waals surface area contributed by atoms with Gasteiger partial charge >= 0.3 is 0 Å². The van der Waals surface area contributed by atoms with Crippen LogP contribution in [0.3, 0.4) is 0 Å². The number of carbonyl (C=O) groups is 1. The minimum Gasteiger partial charge on any atom is -0.322 e. The van der Waals surface area contributed by atoms with Crippen LogP contribution in [-0.4, -0.2) is 53.2 Å². The maximum atomic E-state index is 12.3. The molecule has 0 atom stereocenters. The van der Waals surface area contributed by atoms with Crippen molar-refractivity contribution in [2.75, 3.05) is 31.5 Å². The van der Waals surface area contributed by atoms with Gasteiger partial charge in [-0.25, -0.2) is 0 Å². The molecule has 0 aliphatic carbocycles. The Labute approximate surface area is 126 Å². The molecule has 2 heterocycles. The first kappa shape index (κ1) is 16.0. The van der Waals surface area contributed by atoms with Gasteiger partial charge < -0.3 is 10.6 Å². The van der Waals surface area contributed by atoms with E-state index >= 15 is 0 Å². The number of aromatic amines is 1. The Bertz CT molecular complexity index is 445. The van der Waals surface area contributed by atoms with Gasteiger partial charge in [0.2, 0.25) is 5.91 Å². The van der Waals surface area contributed by atoms with Crippen molar-refractivity contribution in [1.29, 1.82) is 0 Å². The summed E-state index contributed by atoms with van der Waals surface area (Å²) in [5, 5.41) is 13.4. The van der Waals surface area contributed by atoms with Crippen LogP contribution >= 0.6 is 0 Å². The second kappa shape index (κ2) is 7.56. The summed E-state index contributed by atoms with van der Waals surface area (Å²) in [5.74, 6) is 0.0505. The predicted octanol–water partition coefficient (Wildman–Crippen LogP) is 1.43. The number of hydrogen-bond acceptors (Lipinski definition) is 4. The Morgan fingerprint density at radius 2 is 2.10 bits per heavy atom. The fourth-order valence-corrected chi connectivity index (χ4v) is 2.95. The van der Waals surface area contributed by atoms with Crippen LogP contribution in [0.5, 0.6) is 0 Å². The number of nitrogens with one attached hydrogen (secondary N) is 3. The van der Waals surface area contributed by atoms with Gasteiger partial charge in [0.1, 0.15) is 0 Å². The average Bonchev–Trinajstić information content (AvgIpc) is 2.79. The number of rotatable bonds is 6. The summed E-state index contributed by atoms with van der Waals surface area (Å²) >= 11 is 0. The molecule has 1 saturated heterocycles. The molecule has 6 nitrogen and oxygen atoms in total. The van der Waals surface area contributed by atoms with Gasteiger partial charge in [-0.15, -0.1) is 0 Å². The van der Waals surface area contributed by atoms with Crippen LogP contribution < -0.4 is 10.6 Å². The molecule has 1 aromatic heterocycles. The first-order valence-electron chi connectivity index (χ1n) is 7.88. The Kier molecular flexibility index (Phi) is 5.76. The quantitative estimate of drug-likeness (QED) is 0.742. The van der Waals surface area contributed by atoms with E-state index in [1.54, 1.807) is 0 Å². The molecule has 0 saturated carbocycles. The molecule has 1 fully saturated rings. The number of anilines is 1. The number of nitrogens with zero attached hydrogens (tertiary/aromatic N) is 2. The summed E-state index contributed by atoms with van der Waals surface area (Å²) in [5.41, 5.74) is 2.57. The molecule has 0 spiro atoms. The molecule has 0 radical (unpaired) electrons. The van der Waals surface area contributed by atoms with Crippen molar-refractivity contribution in [3.63, 3.8) is 0 Å². The highest BCUT2D eigenvalue weighted by Crippen LogP contribution is 2.17. The van der Waals surface area contributed by atoms with Crippen molar-refractivity contribution in [3.05, 3.63) is 11.4 Å². The van der Waals surface area contributed by atoms with Crippen LogP contribution in [0.2, 0.25) is 0 Å². The van der Waals surface area contributed by atoms with Gasteiger partial charge in [-0.1, -0.05) is 6.92 Å². The molecule has 0 unspecified atom stereocenters. The van der Waals surface area contributed by atoms with Gasteiger partial charge in [0.25, 0.3) is 0 Å². The topological polar surface area (TPSA) is 73.0 Å². The van der Waals surface area contributed by atoms with Crippen LogP contribution in [0.1, 0.15) is 37.6 Å². The summed E-state index contributed by atoms with van der Waals surface area (Å²) in [4.78, 5) is 14.7. The lowest BCUT2D eigenvalue weighted by Crippen LogP contribution is -2.46. The normalized spacial score (nSPS) is 16.4. The summed E-state index contributed by atoms with van der Waals surface area (Å²) in [6.45, 7) is 9.52. The van der Waals surface area contributed by atoms with Gasteiger partial charge in [0, 0.05) is 6.04 Å². The second-order valence-corrected chi connectivity index (χ2v) is 5.81. The third kappa shape index (κ3) is 4.28. The summed E-state index contributed by atoms with van der Waals surface area (Å²) < 4.78 is 0. The summed E-state index contributed by atoms with van der Waals surface area (Å²) in [6.07, 6.45) is 3.31. The minimum atomic E-state index is 0.0505. The SMILES string of the molecule is CCCN(CC(=O)Nc1c(C)n[nH]c1C)C1CCNCC1. The van der Waals surface area contributed by atoms with Gasteiger partial charge in [-0.2, -0.15) is 5.10 Å². The molecule has 118 valence electrons. The zero-order valence-corrected chi connectivity index (χ0v) is 13.3. The average molecular weight is 293 g/mol. The van der Waals surface area contributed by atoms with Gasteiger partial charge in [-0.05, 0) is 52.7 Å². The molecule has 1 aromatic rings. The standard InChI is InChI=1S/C15H27N5O/c1-4-9-20(13-5-7-16-8-6-13)10-14(21)17-15-11(2)18-19-12(15)3/h13,16H,4-10H2,1-3H3,(H,17,21)(H,18,19). The van der Waals surface area contributed by atoms with E-state index in [4.69, 9.17) is 0 Å². The number of aryl methyl sites for hydroxylation is 2. The van der Waals surface area contributed by atoms with Crippen LogP contribution in [0, 0.1) is 13.8 Å². The number of H-pyrrole nitrogens is 1. The molecule has 1 amide bonds. The third-order valence-electron chi connectivity index (χ3n) is 4.08. The van der Waals surface area contributed by atoms with E-state index in [1.807, 2.05) is 13.8 Å². The molecule has 6 heteroatoms. The molecule has 0 bridgehead atoms. The van der Waals surface area contributed by atoms with E-state index in [0.717, 1.165) is 56.0 Å². The fourth-order valence-electron chi connectivity index (χ4n) is 2.95. The van der Waals surface area contributed by atoms with Crippen LogP contribution in [0.25, 0.3) is 0 Å². The summed E-state index contributed by atoms with van der Waals surface area (Å²) in [6, 6.07) is 0.517. The van der Waals surface area contributed by atoms with E-state index in [-0.39, 0.29) is 5.91 Å². The van der Waals surface area contributed by atoms with E-state index in [2.05, 4.69) is 32.7 Å². The van der Waals surface area contributed by atoms with Crippen molar-refractivity contribution < 1.29 is 4.79 Å². The lowest BCUT2D eigenvalue weighted by Gasteiger charge is -2.34. The highest BCUT2D eigenvalue weighted by molar-refractivity contribution is 5.93. The molecule has 0 aromatic carbocycles. The van der Waals surface area contributed by atoms with E-state index in [9.17, 15) is 4.79 Å². The summed E-state index contributed by atoms with van der Waals surface area (Å²) in [7, 11) is 0. The number of carbonyl (C=O) groups excluding carboxylic acids is 1. The number of amides is 1. The highest BCUT2D eigenvalue weighted by Gasteiger charge is 2.22. The molecule has 3 N–H and O–H groups in total. The van der Waals surface area contributed by atoms with Gasteiger partial charge in [-0.3, -0.25) is 14.8 Å². The van der Waals surface area contributed by atoms with Crippen LogP contribution in [0.15, 0.2) is 0 Å². The molecule has 1 aliphatic heterocycles. The molecular weight excluding hydrogens is 266 g/mol. The zero-order valence-electron chi connectivity index (χ0n) is 13.3. The third-order valence-corrected chi connectivity index (χ3v) is 4.08. The number of piperidine rings is 1. The Hall–Kier alpha value is -1.40. The van der Waals surface area contributed by atoms with E-state index < -0.39 is 0 Å². The maximum Gasteiger partial charge on any atom is 0.238 e. The van der Waals surface area contributed by atoms with Crippen molar-refractivity contribution in [2.45, 2.75) is 46.1 Å². The van der Waals surface area contributed by atoms with Crippen molar-refractivity contribution >= 4 is 11.6 Å². The molecule has 2 rings (SSSR count). The van der Waals surface area contributed by atoms with Crippen molar-refractivity contribution in [3.8, 4) is 0 Å². The maximum absolute atomic E-state index is 12.3. The van der Waals surface area contributed by atoms with Crippen molar-refractivity contribution in [2.24, 2.45) is 0 Å². The smallest absolute Gasteiger partial charge is 0.238 e. The molecular formula is C15H27N5O. The Balaban J connectivity index is 1.94. The monoisotopic (exact) mass is 293 g/mol. The Morgan fingerprint density at radius 1 is 1.38 bits per heavy atom. The lowest BCUT2D eigenvalue weighted by atomic mass is 10.0. The first-order chi connectivity index (χ1) is 10.1. The number of hydrogen-bond donors (Lipinski definition) is 3. The fraction of sp³-hybridized carbons (Fsp3) is 0.733.